The Hall–Kier alpha value is -3.68. The average molecular weight is 492 g/mol. The second-order valence-electron chi connectivity index (χ2n) is 10.0. The van der Waals surface area contributed by atoms with Gasteiger partial charge in [0.25, 0.3) is 12.0 Å². The van der Waals surface area contributed by atoms with Gasteiger partial charge in [0, 0.05) is 62.5 Å². The summed E-state index contributed by atoms with van der Waals surface area (Å²) in [6, 6.07) is 9.61. The number of aryl methyl sites for hydroxylation is 3. The number of hydrogen-bond donors (Lipinski definition) is 0. The number of nitrogens with zero attached hydrogens (tertiary/aromatic N) is 5. The van der Waals surface area contributed by atoms with Crippen LogP contribution in [0.15, 0.2) is 47.5 Å². The van der Waals surface area contributed by atoms with Gasteiger partial charge in [-0.15, -0.1) is 0 Å². The van der Waals surface area contributed by atoms with Crippen LogP contribution in [0, 0.1) is 6.92 Å². The highest BCUT2D eigenvalue weighted by atomic mass is 19.3. The van der Waals surface area contributed by atoms with Crippen LogP contribution in [0.5, 0.6) is 0 Å². The third kappa shape index (κ3) is 3.85. The first-order valence-electron chi connectivity index (χ1n) is 12.1. The van der Waals surface area contributed by atoms with Crippen LogP contribution >= 0.6 is 0 Å². The van der Waals surface area contributed by atoms with Crippen LogP contribution < -0.4 is 15.4 Å². The second kappa shape index (κ2) is 8.76. The lowest BCUT2D eigenvalue weighted by Crippen LogP contribution is -2.37. The number of likely N-dealkylation sites (N-methyl/N-ethyl adjacent to an activating group) is 1. The molecule has 36 heavy (non-hydrogen) atoms. The van der Waals surface area contributed by atoms with Crippen LogP contribution in [0.3, 0.4) is 0 Å². The molecule has 1 aliphatic rings. The Morgan fingerprint density at radius 1 is 0.944 bits per heavy atom. The molecule has 0 aliphatic carbocycles. The van der Waals surface area contributed by atoms with Crippen LogP contribution in [0.25, 0.3) is 22.0 Å². The molecular formula is C28H31F2N5O. The topological polar surface area (TPSA) is 46.3 Å². The molecule has 0 fully saturated rings. The molecule has 0 bridgehead atoms. The lowest BCUT2D eigenvalue weighted by Gasteiger charge is -2.38. The number of fused-ring (bicyclic) bond motifs is 2. The van der Waals surface area contributed by atoms with Crippen LogP contribution in [0.4, 0.5) is 25.8 Å². The molecule has 4 aromatic rings. The van der Waals surface area contributed by atoms with Crippen molar-refractivity contribution in [2.75, 3.05) is 29.9 Å². The monoisotopic (exact) mass is 491 g/mol. The summed E-state index contributed by atoms with van der Waals surface area (Å²) in [5.41, 5.74) is 6.24. The molecule has 3 heterocycles. The number of anilines is 3. The summed E-state index contributed by atoms with van der Waals surface area (Å²) in [6.07, 6.45) is 0.746. The Morgan fingerprint density at radius 3 is 2.33 bits per heavy atom. The molecule has 5 rings (SSSR count). The van der Waals surface area contributed by atoms with Gasteiger partial charge < -0.3 is 14.4 Å². The first-order chi connectivity index (χ1) is 17.1. The van der Waals surface area contributed by atoms with Crippen molar-refractivity contribution in [3.8, 4) is 11.1 Å². The van der Waals surface area contributed by atoms with Crippen molar-refractivity contribution < 1.29 is 8.78 Å². The molecule has 8 heteroatoms. The lowest BCUT2D eigenvalue weighted by atomic mass is 9.96. The van der Waals surface area contributed by atoms with Crippen molar-refractivity contribution in [2.24, 2.45) is 14.1 Å². The average Bonchev–Trinajstić information content (AvgIpc) is 3.28. The highest BCUT2D eigenvalue weighted by molar-refractivity contribution is 5.98. The van der Waals surface area contributed by atoms with Crippen molar-refractivity contribution in [3.05, 3.63) is 69.8 Å². The molecule has 0 N–H and O–H groups in total. The van der Waals surface area contributed by atoms with Gasteiger partial charge in [-0.25, -0.2) is 8.78 Å². The Labute approximate surface area is 209 Å². The van der Waals surface area contributed by atoms with Crippen molar-refractivity contribution in [1.29, 1.82) is 0 Å². The zero-order valence-corrected chi connectivity index (χ0v) is 21.5. The summed E-state index contributed by atoms with van der Waals surface area (Å²) in [5, 5.41) is 5.13. The van der Waals surface area contributed by atoms with E-state index < -0.39 is 6.43 Å². The molecule has 0 atom stereocenters. The maximum Gasteiger partial charge on any atom is 0.264 e. The van der Waals surface area contributed by atoms with E-state index in [9.17, 15) is 13.6 Å². The zero-order chi connectivity index (χ0) is 25.9. The molecule has 0 amide bonds. The van der Waals surface area contributed by atoms with Crippen LogP contribution in [0.2, 0.25) is 0 Å². The predicted octanol–water partition coefficient (Wildman–Crippen LogP) is 5.90. The van der Waals surface area contributed by atoms with Crippen molar-refractivity contribution in [1.82, 2.24) is 14.3 Å². The largest absolute Gasteiger partial charge is 0.371 e. The maximum absolute atomic E-state index is 14.4. The third-order valence-electron chi connectivity index (χ3n) is 7.24. The van der Waals surface area contributed by atoms with E-state index >= 15 is 0 Å². The highest BCUT2D eigenvalue weighted by Gasteiger charge is 2.28. The van der Waals surface area contributed by atoms with E-state index in [0.29, 0.717) is 23.2 Å². The number of alkyl halides is 2. The second-order valence-corrected chi connectivity index (χ2v) is 10.0. The molecule has 0 radical (unpaired) electrons. The van der Waals surface area contributed by atoms with E-state index in [4.69, 9.17) is 0 Å². The van der Waals surface area contributed by atoms with E-state index in [0.717, 1.165) is 40.1 Å². The molecule has 0 saturated heterocycles. The van der Waals surface area contributed by atoms with Gasteiger partial charge in [-0.1, -0.05) is 13.8 Å². The first-order valence-corrected chi connectivity index (χ1v) is 12.1. The number of rotatable bonds is 4. The molecule has 6 nitrogen and oxygen atoms in total. The smallest absolute Gasteiger partial charge is 0.264 e. The van der Waals surface area contributed by atoms with E-state index in [2.05, 4.69) is 40.9 Å². The molecular weight excluding hydrogens is 460 g/mol. The maximum atomic E-state index is 14.4. The third-order valence-corrected chi connectivity index (χ3v) is 7.24. The zero-order valence-electron chi connectivity index (χ0n) is 21.5. The SMILES string of the molecule is Cc1cc2c(N3CCN(C)c4cc(-c5cnn(C)c5)c(C(F)F)cc43)cc(C(C)C)cc2n(C)c1=O. The summed E-state index contributed by atoms with van der Waals surface area (Å²) in [4.78, 5) is 17.0. The van der Waals surface area contributed by atoms with Crippen molar-refractivity contribution in [2.45, 2.75) is 33.1 Å². The van der Waals surface area contributed by atoms with Gasteiger partial charge in [-0.3, -0.25) is 9.48 Å². The molecule has 0 spiro atoms. The summed E-state index contributed by atoms with van der Waals surface area (Å²) < 4.78 is 32.1. The minimum absolute atomic E-state index is 0.0186. The standard InChI is InChI=1S/C28H31F2N5O/c1-16(2)18-10-23-22(9-17(3)28(36)34(23)6)24(11-18)35-8-7-32(4)25-12-20(19-14-31-33(5)15-19)21(27(29)30)13-26(25)35/h9-16,27H,7-8H2,1-6H3. The number of aromatic nitrogens is 3. The van der Waals surface area contributed by atoms with Gasteiger partial charge in [0.1, 0.15) is 0 Å². The highest BCUT2D eigenvalue weighted by Crippen LogP contribution is 2.46. The summed E-state index contributed by atoms with van der Waals surface area (Å²) in [6.45, 7) is 7.41. The molecule has 2 aromatic heterocycles. The van der Waals surface area contributed by atoms with Crippen molar-refractivity contribution in [3.63, 3.8) is 0 Å². The van der Waals surface area contributed by atoms with Crippen molar-refractivity contribution >= 4 is 28.0 Å². The van der Waals surface area contributed by atoms with Crippen LogP contribution in [0.1, 0.15) is 42.9 Å². The molecule has 1 aliphatic heterocycles. The quantitative estimate of drug-likeness (QED) is 0.357. The first kappa shape index (κ1) is 24.0. The lowest BCUT2D eigenvalue weighted by molar-refractivity contribution is 0.152. The van der Waals surface area contributed by atoms with Gasteiger partial charge in [0.2, 0.25) is 0 Å². The van der Waals surface area contributed by atoms with E-state index in [1.54, 1.807) is 41.8 Å². The summed E-state index contributed by atoms with van der Waals surface area (Å²) in [5.74, 6) is 0.237. The van der Waals surface area contributed by atoms with Crippen LogP contribution in [-0.2, 0) is 14.1 Å². The summed E-state index contributed by atoms with van der Waals surface area (Å²) >= 11 is 0. The molecule has 2 aromatic carbocycles. The number of pyridine rings is 1. The Morgan fingerprint density at radius 2 is 1.69 bits per heavy atom. The van der Waals surface area contributed by atoms with E-state index in [-0.39, 0.29) is 17.0 Å². The minimum Gasteiger partial charge on any atom is -0.371 e. The van der Waals surface area contributed by atoms with Gasteiger partial charge in [-0.2, -0.15) is 5.10 Å². The fraction of sp³-hybridized carbons (Fsp3) is 0.357. The van der Waals surface area contributed by atoms with E-state index in [1.165, 1.54) is 0 Å². The Balaban J connectivity index is 1.80. The van der Waals surface area contributed by atoms with E-state index in [1.807, 2.05) is 26.1 Å². The fourth-order valence-electron chi connectivity index (χ4n) is 5.13. The Kier molecular flexibility index (Phi) is 5.85. The van der Waals surface area contributed by atoms with Gasteiger partial charge in [0.15, 0.2) is 0 Å². The number of benzene rings is 2. The number of hydrogen-bond acceptors (Lipinski definition) is 4. The predicted molar refractivity (Wildman–Crippen MR) is 142 cm³/mol. The minimum atomic E-state index is -2.64. The molecule has 0 unspecified atom stereocenters. The fourth-order valence-corrected chi connectivity index (χ4v) is 5.13. The molecule has 188 valence electrons. The van der Waals surface area contributed by atoms with Gasteiger partial charge >= 0.3 is 0 Å². The van der Waals surface area contributed by atoms with Crippen LogP contribution in [-0.4, -0.2) is 34.5 Å². The van der Waals surface area contributed by atoms with Gasteiger partial charge in [0.05, 0.1) is 28.8 Å². The molecule has 0 saturated carbocycles. The normalized spacial score (nSPS) is 13.8. The Bertz CT molecular complexity index is 1540. The summed E-state index contributed by atoms with van der Waals surface area (Å²) in [7, 11) is 5.56. The van der Waals surface area contributed by atoms with Gasteiger partial charge in [-0.05, 0) is 54.3 Å². The number of halogens is 2.